The zero-order valence-corrected chi connectivity index (χ0v) is 17.3. The molecule has 30 heavy (non-hydrogen) atoms. The summed E-state index contributed by atoms with van der Waals surface area (Å²) in [6.07, 6.45) is -1.21. The van der Waals surface area contributed by atoms with Crippen LogP contribution in [0, 0.1) is 5.82 Å². The number of ether oxygens (including phenoxy) is 1. The molecular formula is C20H21FN2O6S. The lowest BCUT2D eigenvalue weighted by Crippen LogP contribution is -2.42. The van der Waals surface area contributed by atoms with Gasteiger partial charge in [-0.2, -0.15) is 4.72 Å². The van der Waals surface area contributed by atoms with E-state index in [2.05, 4.69) is 10.0 Å². The minimum Gasteiger partial charge on any atom is -0.451 e. The average Bonchev–Trinajstić information content (AvgIpc) is 2.68. The number of Topliss-reactive ketones (excluding diaryl/α,β-unsaturated/α-hetero) is 1. The van der Waals surface area contributed by atoms with Crippen molar-refractivity contribution in [2.45, 2.75) is 37.8 Å². The minimum absolute atomic E-state index is 0.118. The Morgan fingerprint density at radius 1 is 0.967 bits per heavy atom. The van der Waals surface area contributed by atoms with E-state index in [0.29, 0.717) is 11.3 Å². The van der Waals surface area contributed by atoms with Crippen molar-refractivity contribution < 1.29 is 31.9 Å². The lowest BCUT2D eigenvalue weighted by atomic mass is 10.1. The molecule has 0 fully saturated rings. The molecule has 0 heterocycles. The van der Waals surface area contributed by atoms with Crippen molar-refractivity contribution in [1.29, 1.82) is 0 Å². The first-order valence-corrected chi connectivity index (χ1v) is 10.4. The van der Waals surface area contributed by atoms with Gasteiger partial charge in [-0.15, -0.1) is 0 Å². The van der Waals surface area contributed by atoms with E-state index >= 15 is 0 Å². The Morgan fingerprint density at radius 3 is 2.07 bits per heavy atom. The maximum Gasteiger partial charge on any atom is 0.324 e. The van der Waals surface area contributed by atoms with Crippen LogP contribution in [-0.2, 0) is 24.3 Å². The second-order valence-electron chi connectivity index (χ2n) is 6.50. The van der Waals surface area contributed by atoms with Crippen molar-refractivity contribution in [3.05, 3.63) is 59.9 Å². The molecule has 2 atom stereocenters. The number of carbonyl (C=O) groups is 3. The fraction of sp³-hybridized carbons (Fsp3) is 0.250. The molecule has 2 aromatic rings. The van der Waals surface area contributed by atoms with Crippen LogP contribution in [-0.4, -0.2) is 38.2 Å². The summed E-state index contributed by atoms with van der Waals surface area (Å²) in [5.74, 6) is -2.31. The van der Waals surface area contributed by atoms with Crippen LogP contribution in [0.25, 0.3) is 0 Å². The highest BCUT2D eigenvalue weighted by Gasteiger charge is 2.26. The Bertz CT molecular complexity index is 1040. The average molecular weight is 436 g/mol. The molecule has 0 aliphatic heterocycles. The van der Waals surface area contributed by atoms with Crippen LogP contribution in [0.15, 0.2) is 53.4 Å². The summed E-state index contributed by atoms with van der Waals surface area (Å²) in [5.41, 5.74) is 0.882. The molecular weight excluding hydrogens is 415 g/mol. The van der Waals surface area contributed by atoms with E-state index in [1.165, 1.54) is 32.9 Å². The summed E-state index contributed by atoms with van der Waals surface area (Å²) >= 11 is 0. The van der Waals surface area contributed by atoms with E-state index in [1.54, 1.807) is 12.1 Å². The lowest BCUT2D eigenvalue weighted by molar-refractivity contribution is -0.154. The van der Waals surface area contributed by atoms with Crippen LogP contribution in [0.4, 0.5) is 10.1 Å². The number of benzene rings is 2. The third-order valence-electron chi connectivity index (χ3n) is 4.03. The van der Waals surface area contributed by atoms with Crippen LogP contribution in [0.2, 0.25) is 0 Å². The van der Waals surface area contributed by atoms with Crippen molar-refractivity contribution >= 4 is 33.4 Å². The summed E-state index contributed by atoms with van der Waals surface area (Å²) in [6, 6.07) is 8.93. The highest BCUT2D eigenvalue weighted by Crippen LogP contribution is 2.13. The van der Waals surface area contributed by atoms with Crippen LogP contribution < -0.4 is 10.0 Å². The Morgan fingerprint density at radius 2 is 1.53 bits per heavy atom. The van der Waals surface area contributed by atoms with Crippen molar-refractivity contribution in [3.8, 4) is 0 Å². The number of hydrogen-bond donors (Lipinski definition) is 2. The molecule has 1 amide bonds. The third kappa shape index (κ3) is 6.19. The number of amides is 1. The molecule has 2 N–H and O–H groups in total. The first-order chi connectivity index (χ1) is 14.0. The molecule has 2 aromatic carbocycles. The zero-order chi connectivity index (χ0) is 22.5. The van der Waals surface area contributed by atoms with Gasteiger partial charge in [0.15, 0.2) is 11.9 Å². The van der Waals surface area contributed by atoms with Gasteiger partial charge >= 0.3 is 5.97 Å². The first kappa shape index (κ1) is 23.2. The SMILES string of the molecule is CC(=O)c1ccc(NC(=O)[C@H](C)OC(=O)[C@H](C)NS(=O)(=O)c2ccc(F)cc2)cc1. The van der Waals surface area contributed by atoms with Gasteiger partial charge in [-0.1, -0.05) is 0 Å². The fourth-order valence-corrected chi connectivity index (χ4v) is 3.52. The Kier molecular flexibility index (Phi) is 7.41. The highest BCUT2D eigenvalue weighted by atomic mass is 32.2. The van der Waals surface area contributed by atoms with E-state index in [4.69, 9.17) is 4.74 Å². The topological polar surface area (TPSA) is 119 Å². The Balaban J connectivity index is 1.94. The molecule has 0 unspecified atom stereocenters. The number of nitrogens with one attached hydrogen (secondary N) is 2. The molecule has 0 radical (unpaired) electrons. The second kappa shape index (κ2) is 9.59. The number of ketones is 1. The molecule has 0 saturated heterocycles. The number of hydrogen-bond acceptors (Lipinski definition) is 6. The molecule has 0 aliphatic carbocycles. The van der Waals surface area contributed by atoms with Crippen LogP contribution >= 0.6 is 0 Å². The predicted octanol–water partition coefficient (Wildman–Crippen LogP) is 2.27. The van der Waals surface area contributed by atoms with Gasteiger partial charge in [-0.05, 0) is 69.3 Å². The van der Waals surface area contributed by atoms with Crippen LogP contribution in [0.3, 0.4) is 0 Å². The summed E-state index contributed by atoms with van der Waals surface area (Å²) in [5, 5.41) is 2.53. The van der Waals surface area contributed by atoms with Gasteiger partial charge in [-0.3, -0.25) is 14.4 Å². The molecule has 0 saturated carbocycles. The maximum atomic E-state index is 13.0. The summed E-state index contributed by atoms with van der Waals surface area (Å²) in [6.45, 7) is 4.01. The molecule has 2 rings (SSSR count). The van der Waals surface area contributed by atoms with Gasteiger partial charge < -0.3 is 10.1 Å². The van der Waals surface area contributed by atoms with Crippen molar-refractivity contribution in [2.75, 3.05) is 5.32 Å². The number of carbonyl (C=O) groups excluding carboxylic acids is 3. The molecule has 8 nitrogen and oxygen atoms in total. The number of esters is 1. The van der Waals surface area contributed by atoms with Crippen molar-refractivity contribution in [1.82, 2.24) is 4.72 Å². The van der Waals surface area contributed by atoms with Crippen molar-refractivity contribution in [3.63, 3.8) is 0 Å². The van der Waals surface area contributed by atoms with Gasteiger partial charge in [0.25, 0.3) is 5.91 Å². The normalized spacial score (nSPS) is 13.2. The third-order valence-corrected chi connectivity index (χ3v) is 5.59. The highest BCUT2D eigenvalue weighted by molar-refractivity contribution is 7.89. The quantitative estimate of drug-likeness (QED) is 0.484. The van der Waals surface area contributed by atoms with Gasteiger partial charge in [0.1, 0.15) is 11.9 Å². The summed E-state index contributed by atoms with van der Waals surface area (Å²) in [7, 11) is -4.08. The summed E-state index contributed by atoms with van der Waals surface area (Å²) in [4.78, 5) is 35.4. The Labute approximate surface area is 173 Å². The van der Waals surface area contributed by atoms with E-state index in [0.717, 1.165) is 24.3 Å². The molecule has 0 bridgehead atoms. The smallest absolute Gasteiger partial charge is 0.324 e. The second-order valence-corrected chi connectivity index (χ2v) is 8.21. The van der Waals surface area contributed by atoms with Gasteiger partial charge in [0.05, 0.1) is 4.90 Å². The van der Waals surface area contributed by atoms with Gasteiger partial charge in [0.2, 0.25) is 10.0 Å². The number of anilines is 1. The molecule has 0 spiro atoms. The molecule has 0 aromatic heterocycles. The van der Waals surface area contributed by atoms with E-state index in [1.807, 2.05) is 0 Å². The van der Waals surface area contributed by atoms with E-state index < -0.39 is 39.9 Å². The van der Waals surface area contributed by atoms with Gasteiger partial charge in [0, 0.05) is 11.3 Å². The Hall–Kier alpha value is -3.11. The largest absolute Gasteiger partial charge is 0.451 e. The summed E-state index contributed by atoms with van der Waals surface area (Å²) < 4.78 is 44.6. The maximum absolute atomic E-state index is 13.0. The number of halogens is 1. The number of sulfonamides is 1. The molecule has 10 heteroatoms. The molecule has 0 aliphatic rings. The van der Waals surface area contributed by atoms with Crippen LogP contribution in [0.5, 0.6) is 0 Å². The first-order valence-electron chi connectivity index (χ1n) is 8.90. The number of rotatable bonds is 8. The minimum atomic E-state index is -4.08. The molecule has 160 valence electrons. The fourth-order valence-electron chi connectivity index (χ4n) is 2.32. The van der Waals surface area contributed by atoms with Crippen molar-refractivity contribution in [2.24, 2.45) is 0 Å². The zero-order valence-electron chi connectivity index (χ0n) is 16.5. The van der Waals surface area contributed by atoms with Gasteiger partial charge in [-0.25, -0.2) is 12.8 Å². The van der Waals surface area contributed by atoms with E-state index in [9.17, 15) is 27.2 Å². The predicted molar refractivity (Wildman–Crippen MR) is 107 cm³/mol. The standard InChI is InChI=1S/C20H21FN2O6S/c1-12(23-30(27,28)18-10-6-16(21)7-11-18)20(26)29-14(3)19(25)22-17-8-4-15(5-9-17)13(2)24/h4-12,14,23H,1-3H3,(H,22,25)/t12-,14-/m0/s1. The lowest BCUT2D eigenvalue weighted by Gasteiger charge is -2.17. The van der Waals surface area contributed by atoms with E-state index in [-0.39, 0.29) is 10.7 Å². The van der Waals surface area contributed by atoms with Crippen LogP contribution in [0.1, 0.15) is 31.1 Å². The monoisotopic (exact) mass is 436 g/mol.